The van der Waals surface area contributed by atoms with Crippen molar-refractivity contribution in [2.75, 3.05) is 0 Å². The van der Waals surface area contributed by atoms with Crippen molar-refractivity contribution in [2.24, 2.45) is 0 Å². The van der Waals surface area contributed by atoms with Crippen molar-refractivity contribution in [3.8, 4) is 11.8 Å². The quantitative estimate of drug-likeness (QED) is 0.300. The van der Waals surface area contributed by atoms with Gasteiger partial charge >= 0.3 is 0 Å². The number of halogens is 5. The van der Waals surface area contributed by atoms with Gasteiger partial charge in [-0.3, -0.25) is 0 Å². The van der Waals surface area contributed by atoms with Crippen LogP contribution in [0.3, 0.4) is 0 Å². The average molecular weight is 332 g/mol. The zero-order valence-corrected chi connectivity index (χ0v) is 12.4. The summed E-state index contributed by atoms with van der Waals surface area (Å²) >= 11 is 0. The van der Waals surface area contributed by atoms with E-state index < -0.39 is 34.5 Å². The first-order chi connectivity index (χ1) is 11.4. The summed E-state index contributed by atoms with van der Waals surface area (Å²) in [5.74, 6) is -1.27. The molecule has 0 saturated heterocycles. The second-order valence-corrected chi connectivity index (χ2v) is 5.28. The highest BCUT2D eigenvalue weighted by molar-refractivity contribution is 5.85. The van der Waals surface area contributed by atoms with Crippen molar-refractivity contribution in [2.45, 2.75) is 6.92 Å². The molecule has 0 atom stereocenters. The fraction of sp³-hybridized carbons (Fsp3) is 0.0526. The van der Waals surface area contributed by atoms with Crippen LogP contribution in [0.2, 0.25) is 0 Å². The lowest BCUT2D eigenvalue weighted by molar-refractivity contribution is 0.451. The van der Waals surface area contributed by atoms with Crippen molar-refractivity contribution in [3.05, 3.63) is 82.2 Å². The van der Waals surface area contributed by atoms with Gasteiger partial charge in [0.1, 0.15) is 11.6 Å². The predicted molar refractivity (Wildman–Crippen MR) is 80.9 cm³/mol. The number of hydrogen-bond donors (Lipinski definition) is 0. The van der Waals surface area contributed by atoms with Crippen LogP contribution in [0.25, 0.3) is 10.8 Å². The van der Waals surface area contributed by atoms with Crippen molar-refractivity contribution in [1.29, 1.82) is 0 Å². The van der Waals surface area contributed by atoms with E-state index in [-0.39, 0.29) is 16.5 Å². The standard InChI is InChI=1S/C19H9F5/c1-10-2-4-12(14(20)6-10)5-3-11-7-13-9-16(22)18(23)19(24)17(13)15(21)8-11/h2,4,6-9H,1H3. The van der Waals surface area contributed by atoms with Crippen LogP contribution in [-0.2, 0) is 0 Å². The monoisotopic (exact) mass is 332 g/mol. The highest BCUT2D eigenvalue weighted by Crippen LogP contribution is 2.26. The van der Waals surface area contributed by atoms with Crippen LogP contribution in [0, 0.1) is 47.9 Å². The maximum Gasteiger partial charge on any atom is 0.195 e. The van der Waals surface area contributed by atoms with Gasteiger partial charge in [-0.05, 0) is 48.2 Å². The van der Waals surface area contributed by atoms with Crippen LogP contribution in [0.5, 0.6) is 0 Å². The van der Waals surface area contributed by atoms with Crippen LogP contribution in [0.4, 0.5) is 22.0 Å². The second kappa shape index (κ2) is 5.97. The molecule has 0 aromatic heterocycles. The Balaban J connectivity index is 2.12. The molecule has 0 amide bonds. The second-order valence-electron chi connectivity index (χ2n) is 5.28. The summed E-state index contributed by atoms with van der Waals surface area (Å²) in [6.07, 6.45) is 0. The van der Waals surface area contributed by atoms with Crippen molar-refractivity contribution in [3.63, 3.8) is 0 Å². The molecule has 120 valence electrons. The molecule has 0 aliphatic heterocycles. The van der Waals surface area contributed by atoms with E-state index in [1.54, 1.807) is 13.0 Å². The van der Waals surface area contributed by atoms with Crippen LogP contribution in [0.1, 0.15) is 16.7 Å². The lowest BCUT2D eigenvalue weighted by Gasteiger charge is -2.04. The van der Waals surface area contributed by atoms with Gasteiger partial charge in [-0.2, -0.15) is 0 Å². The molecule has 3 rings (SSSR count). The summed E-state index contributed by atoms with van der Waals surface area (Å²) < 4.78 is 67.9. The zero-order chi connectivity index (χ0) is 17.4. The minimum atomic E-state index is -1.73. The van der Waals surface area contributed by atoms with Crippen LogP contribution in [0.15, 0.2) is 36.4 Å². The molecule has 0 aliphatic rings. The van der Waals surface area contributed by atoms with Crippen molar-refractivity contribution < 1.29 is 22.0 Å². The third-order valence-electron chi connectivity index (χ3n) is 3.49. The average Bonchev–Trinajstić information content (AvgIpc) is 2.51. The number of rotatable bonds is 0. The lowest BCUT2D eigenvalue weighted by atomic mass is 10.0. The van der Waals surface area contributed by atoms with Crippen molar-refractivity contribution >= 4 is 10.8 Å². The molecule has 0 unspecified atom stereocenters. The molecule has 0 saturated carbocycles. The third kappa shape index (κ3) is 2.83. The molecular weight excluding hydrogens is 323 g/mol. The Bertz CT molecular complexity index is 1030. The Morgan fingerprint density at radius 1 is 0.708 bits per heavy atom. The first-order valence-electron chi connectivity index (χ1n) is 6.91. The number of aryl methyl sites for hydroxylation is 1. The summed E-state index contributed by atoms with van der Waals surface area (Å²) in [5, 5.41) is -0.818. The maximum absolute atomic E-state index is 14.0. The molecule has 0 heterocycles. The van der Waals surface area contributed by atoms with Gasteiger partial charge < -0.3 is 0 Å². The van der Waals surface area contributed by atoms with E-state index in [2.05, 4.69) is 11.8 Å². The molecule has 0 nitrogen and oxygen atoms in total. The van der Waals surface area contributed by atoms with Gasteiger partial charge in [0.25, 0.3) is 0 Å². The van der Waals surface area contributed by atoms with E-state index >= 15 is 0 Å². The maximum atomic E-state index is 14.0. The van der Waals surface area contributed by atoms with E-state index in [1.165, 1.54) is 18.2 Å². The normalized spacial score (nSPS) is 10.6. The van der Waals surface area contributed by atoms with Crippen molar-refractivity contribution in [1.82, 2.24) is 0 Å². The minimum absolute atomic E-state index is 0.0883. The molecule has 0 radical (unpaired) electrons. The van der Waals surface area contributed by atoms with Gasteiger partial charge in [-0.25, -0.2) is 22.0 Å². The van der Waals surface area contributed by atoms with Gasteiger partial charge in [0.2, 0.25) is 0 Å². The highest BCUT2D eigenvalue weighted by Gasteiger charge is 2.17. The topological polar surface area (TPSA) is 0 Å². The van der Waals surface area contributed by atoms with Gasteiger partial charge in [0.05, 0.1) is 10.9 Å². The SMILES string of the molecule is Cc1ccc(C#Cc2cc(F)c3c(F)c(F)c(F)cc3c2)c(F)c1. The van der Waals surface area contributed by atoms with Gasteiger partial charge in [-0.1, -0.05) is 17.9 Å². The first kappa shape index (κ1) is 16.0. The molecule has 5 heteroatoms. The van der Waals surface area contributed by atoms with Crippen LogP contribution >= 0.6 is 0 Å². The van der Waals surface area contributed by atoms with E-state index in [4.69, 9.17) is 0 Å². The largest absolute Gasteiger partial charge is 0.206 e. The minimum Gasteiger partial charge on any atom is -0.206 e. The molecule has 0 bridgehead atoms. The Morgan fingerprint density at radius 3 is 2.17 bits per heavy atom. The number of fused-ring (bicyclic) bond motifs is 1. The Kier molecular flexibility index (Phi) is 3.98. The van der Waals surface area contributed by atoms with E-state index in [0.29, 0.717) is 6.07 Å². The fourth-order valence-electron chi connectivity index (χ4n) is 2.32. The first-order valence-corrected chi connectivity index (χ1v) is 6.91. The third-order valence-corrected chi connectivity index (χ3v) is 3.49. The molecule has 3 aromatic rings. The fourth-order valence-corrected chi connectivity index (χ4v) is 2.32. The lowest BCUT2D eigenvalue weighted by Crippen LogP contribution is -1.95. The molecule has 3 aromatic carbocycles. The van der Waals surface area contributed by atoms with Crippen LogP contribution in [-0.4, -0.2) is 0 Å². The molecule has 0 spiro atoms. The molecule has 24 heavy (non-hydrogen) atoms. The Labute approximate surface area is 134 Å². The number of benzene rings is 3. The number of hydrogen-bond acceptors (Lipinski definition) is 0. The molecular formula is C19H9F5. The Hall–Kier alpha value is -2.87. The molecule has 0 fully saturated rings. The summed E-state index contributed by atoms with van der Waals surface area (Å²) in [5.41, 5.74) is 0.922. The van der Waals surface area contributed by atoms with Gasteiger partial charge in [-0.15, -0.1) is 0 Å². The Morgan fingerprint density at radius 2 is 1.46 bits per heavy atom. The molecule has 0 N–H and O–H groups in total. The zero-order valence-electron chi connectivity index (χ0n) is 12.4. The summed E-state index contributed by atoms with van der Waals surface area (Å²) in [6.45, 7) is 1.72. The van der Waals surface area contributed by atoms with Gasteiger partial charge in [0, 0.05) is 5.56 Å². The van der Waals surface area contributed by atoms with E-state index in [0.717, 1.165) is 11.6 Å². The van der Waals surface area contributed by atoms with Crippen LogP contribution < -0.4 is 0 Å². The summed E-state index contributed by atoms with van der Waals surface area (Å²) in [4.78, 5) is 0. The summed E-state index contributed by atoms with van der Waals surface area (Å²) in [7, 11) is 0. The van der Waals surface area contributed by atoms with E-state index in [9.17, 15) is 22.0 Å². The highest BCUT2D eigenvalue weighted by atomic mass is 19.2. The molecule has 0 aliphatic carbocycles. The summed E-state index contributed by atoms with van der Waals surface area (Å²) in [6, 6.07) is 7.24. The van der Waals surface area contributed by atoms with E-state index in [1.807, 2.05) is 0 Å². The smallest absolute Gasteiger partial charge is 0.195 e. The van der Waals surface area contributed by atoms with Gasteiger partial charge in [0.15, 0.2) is 17.5 Å². The predicted octanol–water partition coefficient (Wildman–Crippen LogP) is 5.24.